The molecule has 2 nitrogen and oxygen atoms in total. The minimum absolute atomic E-state index is 0.113. The average Bonchev–Trinajstić information content (AvgIpc) is 2.59. The summed E-state index contributed by atoms with van der Waals surface area (Å²) in [5.74, 6) is 0.542. The molecule has 0 saturated carbocycles. The van der Waals surface area contributed by atoms with E-state index in [1.54, 1.807) is 6.07 Å². The van der Waals surface area contributed by atoms with Gasteiger partial charge in [-0.25, -0.2) is 0 Å². The molecule has 72 valence electrons. The fourth-order valence-corrected chi connectivity index (χ4v) is 2.59. The molecule has 0 atom stereocenters. The third kappa shape index (κ3) is 1.49. The molecule has 0 saturated heterocycles. The number of rotatable bonds is 2. The molecule has 1 aromatic heterocycles. The Kier molecular flexibility index (Phi) is 2.44. The van der Waals surface area contributed by atoms with Crippen molar-refractivity contribution in [3.8, 4) is 5.75 Å². The summed E-state index contributed by atoms with van der Waals surface area (Å²) in [6.07, 6.45) is 0.743. The van der Waals surface area contributed by atoms with Gasteiger partial charge in [0.05, 0.1) is 5.88 Å². The number of alkyl halides is 1. The molecule has 0 unspecified atom stereocenters. The maximum absolute atomic E-state index is 10.7. The van der Waals surface area contributed by atoms with Gasteiger partial charge in [0.2, 0.25) is 0 Å². The Morgan fingerprint density at radius 1 is 1.43 bits per heavy atom. The summed E-state index contributed by atoms with van der Waals surface area (Å²) in [4.78, 5) is 11.7. The Bertz CT molecular complexity index is 490. The van der Waals surface area contributed by atoms with Crippen LogP contribution in [0.1, 0.15) is 15.2 Å². The zero-order valence-electron chi connectivity index (χ0n) is 7.16. The second kappa shape index (κ2) is 3.59. The van der Waals surface area contributed by atoms with E-state index in [0.29, 0.717) is 11.4 Å². The first-order valence-corrected chi connectivity index (χ1v) is 5.36. The lowest BCUT2D eigenvalue weighted by molar-refractivity contribution is 0.112. The predicted octanol–water partition coefficient (Wildman–Crippen LogP) is 3.16. The summed E-state index contributed by atoms with van der Waals surface area (Å²) in [7, 11) is 0. The Balaban J connectivity index is 2.77. The van der Waals surface area contributed by atoms with Gasteiger partial charge in [0.1, 0.15) is 5.75 Å². The summed E-state index contributed by atoms with van der Waals surface area (Å²) < 4.78 is 0.891. The highest BCUT2D eigenvalue weighted by atomic mass is 35.5. The van der Waals surface area contributed by atoms with Crippen molar-refractivity contribution in [2.24, 2.45) is 0 Å². The minimum Gasteiger partial charge on any atom is -0.508 e. The van der Waals surface area contributed by atoms with Crippen LogP contribution in [0, 0.1) is 0 Å². The lowest BCUT2D eigenvalue weighted by atomic mass is 10.1. The summed E-state index contributed by atoms with van der Waals surface area (Å²) >= 11 is 7.18. The monoisotopic (exact) mass is 226 g/mol. The molecule has 14 heavy (non-hydrogen) atoms. The van der Waals surface area contributed by atoms with Gasteiger partial charge in [0.25, 0.3) is 0 Å². The molecule has 0 bridgehead atoms. The Labute approximate surface area is 89.7 Å². The third-order valence-corrected chi connectivity index (χ3v) is 3.49. The Morgan fingerprint density at radius 2 is 2.21 bits per heavy atom. The fraction of sp³-hybridized carbons (Fsp3) is 0.100. The van der Waals surface area contributed by atoms with E-state index in [0.717, 1.165) is 21.2 Å². The summed E-state index contributed by atoms with van der Waals surface area (Å²) in [6.45, 7) is 0. The highest BCUT2D eigenvalue weighted by molar-refractivity contribution is 7.19. The number of aldehydes is 1. The van der Waals surface area contributed by atoms with Crippen molar-refractivity contribution in [1.29, 1.82) is 0 Å². The molecular formula is C10H7ClO2S. The zero-order chi connectivity index (χ0) is 10.1. The van der Waals surface area contributed by atoms with E-state index in [9.17, 15) is 9.90 Å². The van der Waals surface area contributed by atoms with E-state index in [4.69, 9.17) is 11.6 Å². The van der Waals surface area contributed by atoms with Crippen LogP contribution in [0.25, 0.3) is 10.1 Å². The Hall–Kier alpha value is -1.06. The van der Waals surface area contributed by atoms with Gasteiger partial charge in [0, 0.05) is 20.5 Å². The number of thiophene rings is 1. The molecule has 2 aromatic rings. The first kappa shape index (κ1) is 9.49. The van der Waals surface area contributed by atoms with Crippen molar-refractivity contribution in [1.82, 2.24) is 0 Å². The second-order valence-electron chi connectivity index (χ2n) is 2.91. The van der Waals surface area contributed by atoms with Crippen molar-refractivity contribution in [3.63, 3.8) is 0 Å². The van der Waals surface area contributed by atoms with Crippen molar-refractivity contribution in [2.75, 3.05) is 0 Å². The fourth-order valence-electron chi connectivity index (χ4n) is 1.37. The van der Waals surface area contributed by atoms with E-state index >= 15 is 0 Å². The molecule has 0 aliphatic heterocycles. The molecule has 2 rings (SSSR count). The van der Waals surface area contributed by atoms with Gasteiger partial charge < -0.3 is 5.11 Å². The molecule has 0 amide bonds. The normalized spacial score (nSPS) is 10.6. The third-order valence-electron chi connectivity index (χ3n) is 1.96. The lowest BCUT2D eigenvalue weighted by Crippen LogP contribution is -1.79. The number of benzene rings is 1. The van der Waals surface area contributed by atoms with Crippen molar-refractivity contribution >= 4 is 39.3 Å². The molecule has 0 spiro atoms. The molecule has 1 aromatic carbocycles. The van der Waals surface area contributed by atoms with E-state index < -0.39 is 0 Å². The van der Waals surface area contributed by atoms with Crippen LogP contribution >= 0.6 is 22.9 Å². The number of halogens is 1. The smallest absolute Gasteiger partial charge is 0.150 e. The number of carbonyl (C=O) groups is 1. The van der Waals surface area contributed by atoms with Gasteiger partial charge in [-0.2, -0.15) is 0 Å². The molecule has 1 heterocycles. The van der Waals surface area contributed by atoms with Crippen molar-refractivity contribution < 1.29 is 9.90 Å². The Morgan fingerprint density at radius 3 is 2.86 bits per heavy atom. The number of phenols is 1. The van der Waals surface area contributed by atoms with Crippen LogP contribution in [-0.4, -0.2) is 11.4 Å². The summed E-state index contributed by atoms with van der Waals surface area (Å²) in [6, 6.07) is 4.99. The molecular weight excluding hydrogens is 220 g/mol. The standard InChI is InChI=1S/C10H7ClO2S/c11-4-8-3-9-6(5-12)1-7(13)2-10(9)14-8/h1-3,5,13H,4H2. The van der Waals surface area contributed by atoms with Crippen LogP contribution in [0.5, 0.6) is 5.75 Å². The number of hydrogen-bond acceptors (Lipinski definition) is 3. The number of phenolic OH excluding ortho intramolecular Hbond substituents is 1. The number of carbonyl (C=O) groups excluding carboxylic acids is 1. The molecule has 1 N–H and O–H groups in total. The minimum atomic E-state index is 0.113. The van der Waals surface area contributed by atoms with Gasteiger partial charge in [-0.3, -0.25) is 4.79 Å². The highest BCUT2D eigenvalue weighted by Gasteiger charge is 2.07. The first-order valence-electron chi connectivity index (χ1n) is 4.01. The van der Waals surface area contributed by atoms with E-state index in [1.165, 1.54) is 17.4 Å². The van der Waals surface area contributed by atoms with Gasteiger partial charge in [-0.05, 0) is 18.2 Å². The predicted molar refractivity (Wildman–Crippen MR) is 58.4 cm³/mol. The van der Waals surface area contributed by atoms with E-state index in [-0.39, 0.29) is 5.75 Å². The van der Waals surface area contributed by atoms with E-state index in [2.05, 4.69) is 0 Å². The quantitative estimate of drug-likeness (QED) is 0.631. The lowest BCUT2D eigenvalue weighted by Gasteiger charge is -1.95. The van der Waals surface area contributed by atoms with Crippen molar-refractivity contribution in [2.45, 2.75) is 5.88 Å². The first-order chi connectivity index (χ1) is 6.74. The van der Waals surface area contributed by atoms with Gasteiger partial charge >= 0.3 is 0 Å². The largest absolute Gasteiger partial charge is 0.508 e. The molecule has 0 aliphatic rings. The van der Waals surface area contributed by atoms with Crippen molar-refractivity contribution in [3.05, 3.63) is 28.6 Å². The summed E-state index contributed by atoms with van der Waals surface area (Å²) in [5.41, 5.74) is 0.507. The average molecular weight is 227 g/mol. The summed E-state index contributed by atoms with van der Waals surface area (Å²) in [5, 5.41) is 10.2. The molecule has 0 radical (unpaired) electrons. The molecule has 0 fully saturated rings. The SMILES string of the molecule is O=Cc1cc(O)cc2sc(CCl)cc12. The second-order valence-corrected chi connectivity index (χ2v) is 4.35. The van der Waals surface area contributed by atoms with Gasteiger partial charge in [0.15, 0.2) is 6.29 Å². The number of fused-ring (bicyclic) bond motifs is 1. The number of hydrogen-bond donors (Lipinski definition) is 1. The molecule has 0 aliphatic carbocycles. The molecule has 4 heteroatoms. The topological polar surface area (TPSA) is 37.3 Å². The van der Waals surface area contributed by atoms with Crippen LogP contribution in [0.4, 0.5) is 0 Å². The van der Waals surface area contributed by atoms with Gasteiger partial charge in [-0.1, -0.05) is 0 Å². The zero-order valence-corrected chi connectivity index (χ0v) is 8.73. The van der Waals surface area contributed by atoms with Gasteiger partial charge in [-0.15, -0.1) is 22.9 Å². The van der Waals surface area contributed by atoms with Crippen LogP contribution in [-0.2, 0) is 5.88 Å². The maximum atomic E-state index is 10.7. The van der Waals surface area contributed by atoms with E-state index in [1.807, 2.05) is 6.07 Å². The van der Waals surface area contributed by atoms with Crippen LogP contribution in [0.15, 0.2) is 18.2 Å². The number of aromatic hydroxyl groups is 1. The van der Waals surface area contributed by atoms with Crippen LogP contribution in [0.3, 0.4) is 0 Å². The highest BCUT2D eigenvalue weighted by Crippen LogP contribution is 2.31. The van der Waals surface area contributed by atoms with Crippen LogP contribution < -0.4 is 0 Å². The maximum Gasteiger partial charge on any atom is 0.150 e. The van der Waals surface area contributed by atoms with Crippen LogP contribution in [0.2, 0.25) is 0 Å².